The molecule has 1 aromatic carbocycles. The van der Waals surface area contributed by atoms with E-state index in [1.54, 1.807) is 7.11 Å². The quantitative estimate of drug-likeness (QED) is 0.915. The average Bonchev–Trinajstić information content (AvgIpc) is 3.17. The van der Waals surface area contributed by atoms with Crippen molar-refractivity contribution in [1.82, 2.24) is 0 Å². The van der Waals surface area contributed by atoms with Crippen LogP contribution in [0.3, 0.4) is 0 Å². The van der Waals surface area contributed by atoms with Crippen molar-refractivity contribution < 1.29 is 14.6 Å². The second kappa shape index (κ2) is 4.80. The molecule has 0 heterocycles. The molecule has 0 spiro atoms. The number of aryl methyl sites for hydroxylation is 1. The summed E-state index contributed by atoms with van der Waals surface area (Å²) in [4.78, 5) is 11.2. The van der Waals surface area contributed by atoms with Crippen LogP contribution < -0.4 is 4.74 Å². The summed E-state index contributed by atoms with van der Waals surface area (Å²) in [7, 11) is 1.70. The minimum atomic E-state index is -0.707. The number of hydrogen-bond donors (Lipinski definition) is 1. The minimum Gasteiger partial charge on any atom is -0.496 e. The lowest BCUT2D eigenvalue weighted by Crippen LogP contribution is -2.18. The number of benzene rings is 1. The van der Waals surface area contributed by atoms with Crippen molar-refractivity contribution in [3.8, 4) is 5.75 Å². The zero-order valence-corrected chi connectivity index (χ0v) is 12.3. The molecule has 1 fully saturated rings. The Bertz CT molecular complexity index is 556. The standard InChI is InChI=1S/C17H22O3/c1-11-13-6-4-3-5-12(13)9-14(20-2)16(11)17(7-8-17)10-15(18)19/h9H,3-8,10H2,1-2H3,(H,18,19). The van der Waals surface area contributed by atoms with E-state index in [0.29, 0.717) is 0 Å². The van der Waals surface area contributed by atoms with E-state index in [-0.39, 0.29) is 11.8 Å². The third-order valence-electron chi connectivity index (χ3n) is 4.98. The summed E-state index contributed by atoms with van der Waals surface area (Å²) in [5.41, 5.74) is 5.14. The molecule has 20 heavy (non-hydrogen) atoms. The number of carbonyl (C=O) groups is 1. The van der Waals surface area contributed by atoms with E-state index in [0.717, 1.165) is 31.4 Å². The maximum absolute atomic E-state index is 11.2. The summed E-state index contributed by atoms with van der Waals surface area (Å²) < 4.78 is 5.61. The number of carboxylic acids is 1. The smallest absolute Gasteiger partial charge is 0.304 e. The summed E-state index contributed by atoms with van der Waals surface area (Å²) in [6, 6.07) is 2.17. The number of carboxylic acid groups (broad SMARTS) is 1. The van der Waals surface area contributed by atoms with Crippen LogP contribution in [0.15, 0.2) is 6.07 Å². The maximum atomic E-state index is 11.2. The molecule has 2 aliphatic carbocycles. The van der Waals surface area contributed by atoms with Gasteiger partial charge in [-0.25, -0.2) is 0 Å². The summed E-state index contributed by atoms with van der Waals surface area (Å²) in [5.74, 6) is 0.198. The SMILES string of the molecule is COc1cc2c(c(C)c1C1(CC(=O)O)CC1)CCCC2. The number of fused-ring (bicyclic) bond motifs is 1. The molecule has 0 saturated heterocycles. The van der Waals surface area contributed by atoms with Crippen molar-refractivity contribution in [3.63, 3.8) is 0 Å². The van der Waals surface area contributed by atoms with E-state index in [1.165, 1.54) is 35.1 Å². The largest absolute Gasteiger partial charge is 0.496 e. The van der Waals surface area contributed by atoms with Crippen molar-refractivity contribution >= 4 is 5.97 Å². The molecule has 2 aliphatic rings. The molecule has 3 nitrogen and oxygen atoms in total. The average molecular weight is 274 g/mol. The molecule has 0 atom stereocenters. The predicted octanol–water partition coefficient (Wildman–Crippen LogP) is 3.39. The van der Waals surface area contributed by atoms with Gasteiger partial charge in [0.05, 0.1) is 13.5 Å². The van der Waals surface area contributed by atoms with Crippen LogP contribution in [-0.2, 0) is 23.1 Å². The minimum absolute atomic E-state index is 0.173. The molecule has 3 rings (SSSR count). The van der Waals surface area contributed by atoms with Gasteiger partial charge in [-0.05, 0) is 68.2 Å². The van der Waals surface area contributed by atoms with Crippen LogP contribution in [0.2, 0.25) is 0 Å². The Balaban J connectivity index is 2.12. The van der Waals surface area contributed by atoms with E-state index >= 15 is 0 Å². The van der Waals surface area contributed by atoms with Crippen molar-refractivity contribution in [2.24, 2.45) is 0 Å². The topological polar surface area (TPSA) is 46.5 Å². The van der Waals surface area contributed by atoms with Crippen LogP contribution in [0.5, 0.6) is 5.75 Å². The Kier molecular flexibility index (Phi) is 3.23. The van der Waals surface area contributed by atoms with Gasteiger partial charge in [-0.2, -0.15) is 0 Å². The third kappa shape index (κ3) is 2.09. The van der Waals surface area contributed by atoms with Gasteiger partial charge in [0.25, 0.3) is 0 Å². The molecule has 0 radical (unpaired) electrons. The van der Waals surface area contributed by atoms with Crippen molar-refractivity contribution in [2.45, 2.75) is 57.3 Å². The van der Waals surface area contributed by atoms with Gasteiger partial charge in [0.2, 0.25) is 0 Å². The second-order valence-electron chi connectivity index (χ2n) is 6.27. The molecule has 1 aromatic rings. The summed E-state index contributed by atoms with van der Waals surface area (Å²) in [5, 5.41) is 9.20. The fourth-order valence-electron chi connectivity index (χ4n) is 3.86. The highest BCUT2D eigenvalue weighted by molar-refractivity contribution is 5.71. The molecule has 0 aromatic heterocycles. The summed E-state index contributed by atoms with van der Waals surface area (Å²) >= 11 is 0. The van der Waals surface area contributed by atoms with E-state index in [2.05, 4.69) is 13.0 Å². The summed E-state index contributed by atoms with van der Waals surface area (Å²) in [6.07, 6.45) is 6.90. The number of ether oxygens (including phenoxy) is 1. The molecular formula is C17H22O3. The second-order valence-corrected chi connectivity index (χ2v) is 6.27. The van der Waals surface area contributed by atoms with Gasteiger partial charge in [-0.15, -0.1) is 0 Å². The highest BCUT2D eigenvalue weighted by Gasteiger charge is 2.49. The molecule has 0 amide bonds. The molecule has 1 saturated carbocycles. The van der Waals surface area contributed by atoms with E-state index in [4.69, 9.17) is 4.74 Å². The predicted molar refractivity (Wildman–Crippen MR) is 77.5 cm³/mol. The van der Waals surface area contributed by atoms with Crippen molar-refractivity contribution in [3.05, 3.63) is 28.3 Å². The highest BCUT2D eigenvalue weighted by Crippen LogP contribution is 2.56. The number of methoxy groups -OCH3 is 1. The lowest BCUT2D eigenvalue weighted by atomic mass is 9.80. The number of hydrogen-bond acceptors (Lipinski definition) is 2. The first-order chi connectivity index (χ1) is 9.57. The van der Waals surface area contributed by atoms with E-state index in [1.807, 2.05) is 0 Å². The number of rotatable bonds is 4. The Morgan fingerprint density at radius 3 is 2.65 bits per heavy atom. The number of aliphatic carboxylic acids is 1. The lowest BCUT2D eigenvalue weighted by Gasteiger charge is -2.26. The van der Waals surface area contributed by atoms with Crippen LogP contribution in [-0.4, -0.2) is 18.2 Å². The first kappa shape index (κ1) is 13.5. The van der Waals surface area contributed by atoms with Crippen LogP contribution >= 0.6 is 0 Å². The van der Waals surface area contributed by atoms with Gasteiger partial charge in [0.1, 0.15) is 5.75 Å². The van der Waals surface area contributed by atoms with Crippen LogP contribution in [0, 0.1) is 6.92 Å². The zero-order chi connectivity index (χ0) is 14.3. The first-order valence-electron chi connectivity index (χ1n) is 7.49. The Hall–Kier alpha value is -1.51. The first-order valence-corrected chi connectivity index (χ1v) is 7.49. The fourth-order valence-corrected chi connectivity index (χ4v) is 3.86. The maximum Gasteiger partial charge on any atom is 0.304 e. The Morgan fingerprint density at radius 2 is 2.05 bits per heavy atom. The normalized spacial score (nSPS) is 19.3. The van der Waals surface area contributed by atoms with Gasteiger partial charge >= 0.3 is 5.97 Å². The monoisotopic (exact) mass is 274 g/mol. The molecule has 3 heteroatoms. The van der Waals surface area contributed by atoms with Crippen LogP contribution in [0.1, 0.15) is 54.4 Å². The van der Waals surface area contributed by atoms with Crippen molar-refractivity contribution in [1.29, 1.82) is 0 Å². The lowest BCUT2D eigenvalue weighted by molar-refractivity contribution is -0.137. The Morgan fingerprint density at radius 1 is 1.35 bits per heavy atom. The Labute approximate surface area is 120 Å². The van der Waals surface area contributed by atoms with Gasteiger partial charge < -0.3 is 9.84 Å². The molecule has 0 unspecified atom stereocenters. The third-order valence-corrected chi connectivity index (χ3v) is 4.98. The van der Waals surface area contributed by atoms with Crippen LogP contribution in [0.25, 0.3) is 0 Å². The van der Waals surface area contributed by atoms with Gasteiger partial charge in [0.15, 0.2) is 0 Å². The van der Waals surface area contributed by atoms with Gasteiger partial charge in [-0.1, -0.05) is 0 Å². The molecule has 0 aliphatic heterocycles. The van der Waals surface area contributed by atoms with Crippen LogP contribution in [0.4, 0.5) is 0 Å². The van der Waals surface area contributed by atoms with Crippen molar-refractivity contribution in [2.75, 3.05) is 7.11 Å². The molecule has 108 valence electrons. The van der Waals surface area contributed by atoms with Gasteiger partial charge in [0, 0.05) is 11.0 Å². The molecular weight excluding hydrogens is 252 g/mol. The summed E-state index contributed by atoms with van der Waals surface area (Å²) in [6.45, 7) is 2.16. The van der Waals surface area contributed by atoms with E-state index in [9.17, 15) is 9.90 Å². The van der Waals surface area contributed by atoms with Gasteiger partial charge in [-0.3, -0.25) is 4.79 Å². The molecule has 0 bridgehead atoms. The molecule has 1 N–H and O–H groups in total. The van der Waals surface area contributed by atoms with E-state index < -0.39 is 5.97 Å². The zero-order valence-electron chi connectivity index (χ0n) is 12.3. The highest BCUT2D eigenvalue weighted by atomic mass is 16.5. The fraction of sp³-hybridized carbons (Fsp3) is 0.588.